The van der Waals surface area contributed by atoms with Crippen LogP contribution in [0.15, 0.2) is 11.6 Å². The molecule has 2 nitrogen and oxygen atoms in total. The van der Waals surface area contributed by atoms with Gasteiger partial charge in [0.2, 0.25) is 0 Å². The summed E-state index contributed by atoms with van der Waals surface area (Å²) in [5.41, 5.74) is 2.69. The standard InChI is InChI=1S/C27H47NO/c1-18(2)7-6-8-19(3)23-11-12-24-22-10-9-20-17-21(29-28)13-15-26(20,4)25(22)14-16-27(23,24)5/h9,18-19,21-25H,6-8,10-17,28H2,1-5H3/t19-,21?,22?,23?,24?,25?,26+,27-/m1/s1. The Kier molecular flexibility index (Phi) is 6.26. The highest BCUT2D eigenvalue weighted by Crippen LogP contribution is 2.67. The van der Waals surface area contributed by atoms with E-state index < -0.39 is 0 Å². The second-order valence-corrected chi connectivity index (χ2v) is 12.3. The van der Waals surface area contributed by atoms with Crippen molar-refractivity contribution in [1.82, 2.24) is 0 Å². The molecular formula is C27H47NO. The maximum absolute atomic E-state index is 5.55. The van der Waals surface area contributed by atoms with Crippen LogP contribution in [-0.2, 0) is 4.84 Å². The van der Waals surface area contributed by atoms with Gasteiger partial charge in [0.15, 0.2) is 0 Å². The second kappa shape index (κ2) is 8.30. The van der Waals surface area contributed by atoms with Crippen LogP contribution in [0.1, 0.15) is 105 Å². The zero-order chi connectivity index (χ0) is 20.8. The predicted octanol–water partition coefficient (Wildman–Crippen LogP) is 7.29. The largest absolute Gasteiger partial charge is 0.301 e. The van der Waals surface area contributed by atoms with Gasteiger partial charge in [-0.15, -0.1) is 0 Å². The van der Waals surface area contributed by atoms with Crippen molar-refractivity contribution in [3.05, 3.63) is 11.6 Å². The van der Waals surface area contributed by atoms with Crippen LogP contribution in [-0.4, -0.2) is 6.10 Å². The van der Waals surface area contributed by atoms with Crippen molar-refractivity contribution in [3.8, 4) is 0 Å². The Bertz CT molecular complexity index is 612. The lowest BCUT2D eigenvalue weighted by Gasteiger charge is -2.58. The van der Waals surface area contributed by atoms with Gasteiger partial charge in [-0.1, -0.05) is 65.5 Å². The molecule has 8 atom stereocenters. The maximum atomic E-state index is 5.55. The molecule has 0 aliphatic heterocycles. The molecule has 166 valence electrons. The van der Waals surface area contributed by atoms with Crippen LogP contribution in [0.4, 0.5) is 0 Å². The number of nitrogens with two attached hydrogens (primary N) is 1. The van der Waals surface area contributed by atoms with Gasteiger partial charge in [-0.25, -0.2) is 5.90 Å². The lowest BCUT2D eigenvalue weighted by molar-refractivity contribution is -0.0643. The SMILES string of the molecule is CC(C)CCC[C@@H](C)C1CCC2C3CC=C4CC(ON)CC[C@]4(C)C3CC[C@@]21C. The lowest BCUT2D eigenvalue weighted by atomic mass is 9.47. The molecule has 0 radical (unpaired) electrons. The van der Waals surface area contributed by atoms with Gasteiger partial charge in [-0.05, 0) is 97.7 Å². The van der Waals surface area contributed by atoms with E-state index in [2.05, 4.69) is 40.7 Å². The van der Waals surface area contributed by atoms with Gasteiger partial charge < -0.3 is 4.84 Å². The summed E-state index contributed by atoms with van der Waals surface area (Å²) in [4.78, 5) is 5.25. The zero-order valence-electron chi connectivity index (χ0n) is 19.9. The van der Waals surface area contributed by atoms with Crippen molar-refractivity contribution in [2.75, 3.05) is 0 Å². The summed E-state index contributed by atoms with van der Waals surface area (Å²) in [5, 5.41) is 0. The minimum Gasteiger partial charge on any atom is -0.301 e. The average Bonchev–Trinajstić information content (AvgIpc) is 3.04. The second-order valence-electron chi connectivity index (χ2n) is 12.3. The van der Waals surface area contributed by atoms with Crippen molar-refractivity contribution in [2.24, 2.45) is 52.2 Å². The van der Waals surface area contributed by atoms with E-state index in [-0.39, 0.29) is 6.10 Å². The van der Waals surface area contributed by atoms with Crippen molar-refractivity contribution >= 4 is 0 Å². The normalized spacial score (nSPS) is 45.3. The van der Waals surface area contributed by atoms with Gasteiger partial charge in [0.25, 0.3) is 0 Å². The average molecular weight is 402 g/mol. The number of rotatable bonds is 6. The number of fused-ring (bicyclic) bond motifs is 5. The summed E-state index contributed by atoms with van der Waals surface area (Å²) in [7, 11) is 0. The first-order chi connectivity index (χ1) is 13.8. The third kappa shape index (κ3) is 3.75. The molecule has 0 aromatic rings. The van der Waals surface area contributed by atoms with Crippen molar-refractivity contribution < 1.29 is 4.84 Å². The fourth-order valence-electron chi connectivity index (χ4n) is 8.77. The van der Waals surface area contributed by atoms with Crippen LogP contribution in [0, 0.1) is 46.3 Å². The van der Waals surface area contributed by atoms with Crippen LogP contribution in [0.2, 0.25) is 0 Å². The quantitative estimate of drug-likeness (QED) is 0.375. The van der Waals surface area contributed by atoms with E-state index in [9.17, 15) is 0 Å². The van der Waals surface area contributed by atoms with Crippen LogP contribution in [0.3, 0.4) is 0 Å². The Balaban J connectivity index is 1.48. The minimum absolute atomic E-state index is 0.252. The van der Waals surface area contributed by atoms with Crippen molar-refractivity contribution in [3.63, 3.8) is 0 Å². The van der Waals surface area contributed by atoms with Gasteiger partial charge >= 0.3 is 0 Å². The van der Waals surface area contributed by atoms with Gasteiger partial charge in [-0.2, -0.15) is 0 Å². The summed E-state index contributed by atoms with van der Waals surface area (Å²) >= 11 is 0. The summed E-state index contributed by atoms with van der Waals surface area (Å²) in [6.45, 7) is 12.6. The van der Waals surface area contributed by atoms with Gasteiger partial charge in [0, 0.05) is 0 Å². The monoisotopic (exact) mass is 401 g/mol. The van der Waals surface area contributed by atoms with Crippen LogP contribution in [0.5, 0.6) is 0 Å². The molecule has 0 bridgehead atoms. The first-order valence-corrected chi connectivity index (χ1v) is 12.8. The molecule has 0 amide bonds. The molecule has 0 saturated heterocycles. The van der Waals surface area contributed by atoms with E-state index >= 15 is 0 Å². The van der Waals surface area contributed by atoms with Gasteiger partial charge in [-0.3, -0.25) is 0 Å². The molecule has 0 aromatic heterocycles. The molecule has 3 saturated carbocycles. The summed E-state index contributed by atoms with van der Waals surface area (Å²) in [6, 6.07) is 0. The third-order valence-corrected chi connectivity index (χ3v) is 10.5. The zero-order valence-corrected chi connectivity index (χ0v) is 19.9. The van der Waals surface area contributed by atoms with E-state index in [0.29, 0.717) is 10.8 Å². The minimum atomic E-state index is 0.252. The Morgan fingerprint density at radius 3 is 2.55 bits per heavy atom. The molecule has 0 heterocycles. The van der Waals surface area contributed by atoms with Crippen LogP contribution < -0.4 is 5.90 Å². The molecule has 4 aliphatic rings. The Hall–Kier alpha value is -0.340. The molecule has 2 N–H and O–H groups in total. The third-order valence-electron chi connectivity index (χ3n) is 10.5. The van der Waals surface area contributed by atoms with E-state index in [4.69, 9.17) is 10.7 Å². The fraction of sp³-hybridized carbons (Fsp3) is 0.926. The lowest BCUT2D eigenvalue weighted by Crippen LogP contribution is -2.51. The van der Waals surface area contributed by atoms with E-state index in [0.717, 1.165) is 48.3 Å². The van der Waals surface area contributed by atoms with E-state index in [1.54, 1.807) is 5.57 Å². The van der Waals surface area contributed by atoms with Crippen LogP contribution in [0.25, 0.3) is 0 Å². The molecule has 0 aromatic carbocycles. The molecule has 29 heavy (non-hydrogen) atoms. The van der Waals surface area contributed by atoms with Gasteiger partial charge in [0.1, 0.15) is 0 Å². The number of allylic oxidation sites excluding steroid dienone is 1. The fourth-order valence-corrected chi connectivity index (χ4v) is 8.77. The van der Waals surface area contributed by atoms with Crippen LogP contribution >= 0.6 is 0 Å². The Morgan fingerprint density at radius 1 is 1.03 bits per heavy atom. The molecule has 0 spiro atoms. The first-order valence-electron chi connectivity index (χ1n) is 12.8. The highest BCUT2D eigenvalue weighted by atomic mass is 16.6. The first kappa shape index (κ1) is 21.9. The highest BCUT2D eigenvalue weighted by Gasteiger charge is 2.59. The Labute approximate surface area is 180 Å². The maximum Gasteiger partial charge on any atom is 0.0824 e. The molecule has 4 rings (SSSR count). The Morgan fingerprint density at radius 2 is 1.83 bits per heavy atom. The van der Waals surface area contributed by atoms with Gasteiger partial charge in [0.05, 0.1) is 6.10 Å². The van der Waals surface area contributed by atoms with Crippen molar-refractivity contribution in [2.45, 2.75) is 111 Å². The molecule has 3 fully saturated rings. The number of hydrogen-bond donors (Lipinski definition) is 1. The molecule has 4 aliphatic carbocycles. The number of hydrogen-bond acceptors (Lipinski definition) is 2. The smallest absolute Gasteiger partial charge is 0.0824 e. The summed E-state index contributed by atoms with van der Waals surface area (Å²) < 4.78 is 0. The van der Waals surface area contributed by atoms with E-state index in [1.165, 1.54) is 57.8 Å². The van der Waals surface area contributed by atoms with Crippen molar-refractivity contribution in [1.29, 1.82) is 0 Å². The summed E-state index contributed by atoms with van der Waals surface area (Å²) in [6.07, 6.45) is 17.9. The molecule has 5 unspecified atom stereocenters. The molecule has 2 heteroatoms. The topological polar surface area (TPSA) is 35.2 Å². The predicted molar refractivity (Wildman–Crippen MR) is 122 cm³/mol. The highest BCUT2D eigenvalue weighted by molar-refractivity contribution is 5.25. The molecular weight excluding hydrogens is 354 g/mol. The summed E-state index contributed by atoms with van der Waals surface area (Å²) in [5.74, 6) is 11.0. The van der Waals surface area contributed by atoms with E-state index in [1.807, 2.05) is 0 Å².